The van der Waals surface area contributed by atoms with Crippen molar-refractivity contribution in [1.29, 1.82) is 0 Å². The van der Waals surface area contributed by atoms with Crippen LogP contribution < -0.4 is 31.8 Å². The van der Waals surface area contributed by atoms with Crippen LogP contribution in [0.4, 0.5) is 0 Å². The van der Waals surface area contributed by atoms with Gasteiger partial charge in [-0.2, -0.15) is 0 Å². The number of esters is 1. The maximum atomic E-state index is 12.8. The summed E-state index contributed by atoms with van der Waals surface area (Å²) in [6.07, 6.45) is 1.43. The molecule has 0 aliphatic heterocycles. The molecule has 3 rings (SSSR count). The van der Waals surface area contributed by atoms with Crippen LogP contribution in [0.15, 0.2) is 78.9 Å². The van der Waals surface area contributed by atoms with Gasteiger partial charge in [-0.3, -0.25) is 19.9 Å². The van der Waals surface area contributed by atoms with E-state index < -0.39 is 32.1 Å². The van der Waals surface area contributed by atoms with Gasteiger partial charge in [0, 0.05) is 19.4 Å². The fourth-order valence-electron chi connectivity index (χ4n) is 4.74. The minimum absolute atomic E-state index is 0.148. The maximum Gasteiger partial charge on any atom is 0.319 e. The molecule has 0 bridgehead atoms. The summed E-state index contributed by atoms with van der Waals surface area (Å²) in [6.45, 7) is 0.322. The maximum absolute atomic E-state index is 12.8. The molecule has 0 saturated heterocycles. The lowest BCUT2D eigenvalue weighted by Gasteiger charge is -2.38. The van der Waals surface area contributed by atoms with Crippen LogP contribution in [0.25, 0.3) is 0 Å². The molecule has 0 aromatic heterocycles. The lowest BCUT2D eigenvalue weighted by molar-refractivity contribution is -0.142. The second-order valence-electron chi connectivity index (χ2n) is 10.2. The second-order valence-corrected chi connectivity index (χ2v) is 10.8. The number of unbranched alkanes of at least 4 members (excludes halogenated alkanes) is 2. The highest BCUT2D eigenvalue weighted by atomic mass is 31.2. The lowest BCUT2D eigenvalue weighted by Crippen LogP contribution is -2.43. The van der Waals surface area contributed by atoms with Gasteiger partial charge in [-0.25, -0.2) is 0 Å². The average Bonchev–Trinajstić information content (AvgIpc) is 3.08. The number of carbonyl (C=O) groups is 3. The molecule has 0 spiro atoms. The van der Waals surface area contributed by atoms with E-state index in [1.807, 2.05) is 78.9 Å². The number of primary amides is 1. The Morgan fingerprint density at radius 3 is 1.81 bits per heavy atom. The number of hydrogen-bond donors (Lipinski definition) is 6. The summed E-state index contributed by atoms with van der Waals surface area (Å²) in [5.41, 5.74) is 16.5. The van der Waals surface area contributed by atoms with Gasteiger partial charge in [0.25, 0.3) is 0 Å². The molecule has 3 aromatic carbocycles. The molecule has 1 atom stereocenters. The van der Waals surface area contributed by atoms with Gasteiger partial charge in [0.15, 0.2) is 0 Å². The zero-order chi connectivity index (χ0) is 34.7. The topological polar surface area (TPSA) is 219 Å². The smallest absolute Gasteiger partial charge is 0.319 e. The normalized spacial score (nSPS) is 11.6. The van der Waals surface area contributed by atoms with Crippen LogP contribution in [-0.4, -0.2) is 67.6 Å². The third-order valence-electron chi connectivity index (χ3n) is 7.02. The number of ether oxygens (including phenoxy) is 4. The number of benzene rings is 3. The van der Waals surface area contributed by atoms with Gasteiger partial charge in [0.05, 0.1) is 27.4 Å². The van der Waals surface area contributed by atoms with Gasteiger partial charge >= 0.3 is 5.97 Å². The molecule has 1 unspecified atom stereocenters. The molecule has 3 aromatic rings. The van der Waals surface area contributed by atoms with Crippen LogP contribution in [0.2, 0.25) is 0 Å². The summed E-state index contributed by atoms with van der Waals surface area (Å²) in [5, 5.41) is 2.86. The molecular formula is C33H45N4O9P. The molecule has 0 heterocycles. The predicted molar refractivity (Wildman–Crippen MR) is 178 cm³/mol. The van der Waals surface area contributed by atoms with E-state index >= 15 is 0 Å². The number of rotatable bonds is 18. The molecule has 0 saturated carbocycles. The van der Waals surface area contributed by atoms with E-state index in [1.165, 1.54) is 0 Å². The highest BCUT2D eigenvalue weighted by Gasteiger charge is 2.41. The minimum atomic E-state index is -2.12. The monoisotopic (exact) mass is 672 g/mol. The Labute approximate surface area is 276 Å². The van der Waals surface area contributed by atoms with Crippen molar-refractivity contribution in [2.75, 3.05) is 33.9 Å². The van der Waals surface area contributed by atoms with Crippen molar-refractivity contribution in [1.82, 2.24) is 5.32 Å². The molecule has 0 radical (unpaired) electrons. The Morgan fingerprint density at radius 2 is 1.34 bits per heavy atom. The van der Waals surface area contributed by atoms with E-state index in [0.29, 0.717) is 30.8 Å². The summed E-state index contributed by atoms with van der Waals surface area (Å²) in [4.78, 5) is 51.2. The van der Waals surface area contributed by atoms with Crippen molar-refractivity contribution in [3.8, 4) is 11.5 Å². The molecule has 0 aliphatic carbocycles. The first-order valence-electron chi connectivity index (χ1n) is 14.9. The summed E-state index contributed by atoms with van der Waals surface area (Å²) in [7, 11) is 1.07. The SMILES string of the molecule is COc1ccc(C(OC(CCNC(=O)CCCCCOC(=O)CN)C(N)=O)(c2ccccc2)c2ccc(OC)cc2)cc1.NP(O)O. The number of hydrogen-bond acceptors (Lipinski definition) is 11. The van der Waals surface area contributed by atoms with Crippen LogP contribution in [0.5, 0.6) is 11.5 Å². The average molecular weight is 673 g/mol. The quantitative estimate of drug-likeness (QED) is 0.0499. The van der Waals surface area contributed by atoms with Gasteiger partial charge in [-0.05, 0) is 60.2 Å². The third kappa shape index (κ3) is 12.9. The zero-order valence-corrected chi connectivity index (χ0v) is 27.6. The predicted octanol–water partition coefficient (Wildman–Crippen LogP) is 2.59. The highest BCUT2D eigenvalue weighted by molar-refractivity contribution is 7.42. The van der Waals surface area contributed by atoms with Crippen LogP contribution in [0.3, 0.4) is 0 Å². The largest absolute Gasteiger partial charge is 0.497 e. The summed E-state index contributed by atoms with van der Waals surface area (Å²) in [6, 6.07) is 24.5. The molecule has 0 aliphatic rings. The number of methoxy groups -OCH3 is 2. The summed E-state index contributed by atoms with van der Waals surface area (Å²) in [5.74, 6) is 0.0991. The molecular weight excluding hydrogens is 627 g/mol. The zero-order valence-electron chi connectivity index (χ0n) is 26.7. The standard InChI is InChI=1S/C33H41N3O7.H4NO2P/c1-40-27-16-12-25(13-17-27)33(24-9-5-3-6-10-24,26-14-18-28(41-2)19-15-26)43-29(32(35)39)20-21-36-30(37)11-7-4-8-22-42-31(38)23-34;1-4(2)3/h3,5-6,9-10,12-19,29H,4,7-8,11,20-23,34H2,1-2H3,(H2,35,39)(H,36,37);2-3H,1H2. The van der Waals surface area contributed by atoms with Crippen LogP contribution in [-0.2, 0) is 29.5 Å². The number of nitrogens with one attached hydrogen (secondary N) is 1. The van der Waals surface area contributed by atoms with Crippen molar-refractivity contribution in [2.24, 2.45) is 17.0 Å². The summed E-state index contributed by atoms with van der Waals surface area (Å²) >= 11 is 0. The molecule has 13 nitrogen and oxygen atoms in total. The van der Waals surface area contributed by atoms with Crippen molar-refractivity contribution in [2.45, 2.75) is 43.8 Å². The van der Waals surface area contributed by atoms with E-state index in [-0.39, 0.29) is 32.0 Å². The van der Waals surface area contributed by atoms with Gasteiger partial charge < -0.3 is 45.5 Å². The molecule has 47 heavy (non-hydrogen) atoms. The fraction of sp³-hybridized carbons (Fsp3) is 0.364. The Bertz CT molecular complexity index is 1310. The Morgan fingerprint density at radius 1 is 0.830 bits per heavy atom. The second kappa shape index (κ2) is 20.9. The first kappa shape index (κ1) is 39.1. The molecule has 9 N–H and O–H groups in total. The van der Waals surface area contributed by atoms with E-state index in [0.717, 1.165) is 23.1 Å². The number of amides is 2. The van der Waals surface area contributed by atoms with Crippen molar-refractivity contribution >= 4 is 26.3 Å². The fourth-order valence-corrected chi connectivity index (χ4v) is 4.74. The molecule has 0 fully saturated rings. The molecule has 2 amide bonds. The van der Waals surface area contributed by atoms with Crippen LogP contribution in [0.1, 0.15) is 48.8 Å². The molecule has 14 heteroatoms. The first-order chi connectivity index (χ1) is 22.6. The van der Waals surface area contributed by atoms with Gasteiger partial charge in [-0.1, -0.05) is 54.6 Å². The van der Waals surface area contributed by atoms with E-state index in [4.69, 9.17) is 40.2 Å². The van der Waals surface area contributed by atoms with Crippen LogP contribution in [0, 0.1) is 0 Å². The van der Waals surface area contributed by atoms with Crippen molar-refractivity contribution < 1.29 is 43.1 Å². The van der Waals surface area contributed by atoms with Crippen LogP contribution >= 0.6 is 8.53 Å². The highest BCUT2D eigenvalue weighted by Crippen LogP contribution is 2.42. The minimum Gasteiger partial charge on any atom is -0.497 e. The van der Waals surface area contributed by atoms with E-state index in [9.17, 15) is 14.4 Å². The molecule has 256 valence electrons. The lowest BCUT2D eigenvalue weighted by atomic mass is 9.79. The van der Waals surface area contributed by atoms with E-state index in [2.05, 4.69) is 10.8 Å². The van der Waals surface area contributed by atoms with Gasteiger partial charge in [-0.15, -0.1) is 0 Å². The van der Waals surface area contributed by atoms with E-state index in [1.54, 1.807) is 14.2 Å². The first-order valence-corrected chi connectivity index (χ1v) is 16.3. The third-order valence-corrected chi connectivity index (χ3v) is 7.02. The van der Waals surface area contributed by atoms with Crippen molar-refractivity contribution in [3.63, 3.8) is 0 Å². The number of nitrogens with two attached hydrogens (primary N) is 3. The Hall–Kier alpha value is -4.10. The van der Waals surface area contributed by atoms with Crippen molar-refractivity contribution in [3.05, 3.63) is 95.6 Å². The Kier molecular flexibility index (Phi) is 17.4. The van der Waals surface area contributed by atoms with Gasteiger partial charge in [0.2, 0.25) is 20.3 Å². The Balaban J connectivity index is 0.00000181. The van der Waals surface area contributed by atoms with Gasteiger partial charge in [0.1, 0.15) is 23.2 Å². The summed E-state index contributed by atoms with van der Waals surface area (Å²) < 4.78 is 22.5. The number of carbonyl (C=O) groups excluding carboxylic acids is 3.